The molecule has 0 saturated carbocycles. The van der Waals surface area contributed by atoms with Gasteiger partial charge in [0, 0.05) is 17.5 Å². The van der Waals surface area contributed by atoms with Crippen molar-refractivity contribution in [1.29, 1.82) is 0 Å². The Kier molecular flexibility index (Phi) is 6.96. The van der Waals surface area contributed by atoms with E-state index >= 15 is 0 Å². The van der Waals surface area contributed by atoms with Crippen molar-refractivity contribution in [3.8, 4) is 16.9 Å². The van der Waals surface area contributed by atoms with Crippen LogP contribution in [0, 0.1) is 0 Å². The van der Waals surface area contributed by atoms with E-state index in [1.165, 1.54) is 5.39 Å². The smallest absolute Gasteiger partial charge is 0.258 e. The summed E-state index contributed by atoms with van der Waals surface area (Å²) in [6, 6.07) is 35.2. The van der Waals surface area contributed by atoms with Gasteiger partial charge in [-0.2, -0.15) is 0 Å². The third-order valence-electron chi connectivity index (χ3n) is 6.89. The Bertz CT molecular complexity index is 1540. The van der Waals surface area contributed by atoms with Gasteiger partial charge in [0.15, 0.2) is 0 Å². The summed E-state index contributed by atoms with van der Waals surface area (Å²) in [5.41, 5.74) is 3.83. The zero-order valence-electron chi connectivity index (χ0n) is 21.9. The number of hydrogen-bond donors (Lipinski definition) is 0. The first kappa shape index (κ1) is 24.6. The zero-order valence-corrected chi connectivity index (χ0v) is 21.9. The Hall–Kier alpha value is -4.11. The number of nitrogens with zero attached hydrogens (tertiary/aromatic N) is 1. The van der Waals surface area contributed by atoms with E-state index in [9.17, 15) is 4.79 Å². The van der Waals surface area contributed by atoms with Crippen LogP contribution in [0.25, 0.3) is 32.7 Å². The normalized spacial score (nSPS) is 11.4. The lowest BCUT2D eigenvalue weighted by molar-refractivity contribution is 0.0641. The fourth-order valence-corrected chi connectivity index (χ4v) is 5.31. The van der Waals surface area contributed by atoms with E-state index < -0.39 is 0 Å². The number of amides is 1. The SMILES string of the molecule is CC(C)N(C(=O)c1c(OCc2ccccc2)ccc2cccc(-c3cccc4ccccc34)c12)C(C)C. The molecule has 0 radical (unpaired) electrons. The van der Waals surface area contributed by atoms with Crippen LogP contribution in [0.15, 0.2) is 103 Å². The quantitative estimate of drug-likeness (QED) is 0.230. The summed E-state index contributed by atoms with van der Waals surface area (Å²) in [6.07, 6.45) is 0. The summed E-state index contributed by atoms with van der Waals surface area (Å²) < 4.78 is 6.39. The highest BCUT2D eigenvalue weighted by Gasteiger charge is 2.28. The molecule has 0 saturated heterocycles. The molecular weight excluding hydrogens is 454 g/mol. The number of ether oxygens (including phenoxy) is 1. The average Bonchev–Trinajstić information content (AvgIpc) is 2.91. The molecule has 0 aliphatic heterocycles. The summed E-state index contributed by atoms with van der Waals surface area (Å²) in [5, 5.41) is 4.29. The molecule has 0 N–H and O–H groups in total. The van der Waals surface area contributed by atoms with Crippen LogP contribution >= 0.6 is 0 Å². The van der Waals surface area contributed by atoms with E-state index in [4.69, 9.17) is 4.74 Å². The van der Waals surface area contributed by atoms with Gasteiger partial charge in [0.05, 0.1) is 5.56 Å². The molecule has 3 heteroatoms. The van der Waals surface area contributed by atoms with Crippen LogP contribution in [0.3, 0.4) is 0 Å². The summed E-state index contributed by atoms with van der Waals surface area (Å²) >= 11 is 0. The van der Waals surface area contributed by atoms with Gasteiger partial charge in [0.1, 0.15) is 12.4 Å². The molecular formula is C34H33NO2. The molecule has 0 fully saturated rings. The zero-order chi connectivity index (χ0) is 25.9. The van der Waals surface area contributed by atoms with Crippen molar-refractivity contribution in [2.24, 2.45) is 0 Å². The minimum Gasteiger partial charge on any atom is -0.488 e. The van der Waals surface area contributed by atoms with Gasteiger partial charge in [0.25, 0.3) is 5.91 Å². The molecule has 186 valence electrons. The Morgan fingerprint density at radius 2 is 1.30 bits per heavy atom. The molecule has 1 amide bonds. The second kappa shape index (κ2) is 10.5. The van der Waals surface area contributed by atoms with E-state index in [0.29, 0.717) is 17.9 Å². The van der Waals surface area contributed by atoms with E-state index in [1.54, 1.807) is 0 Å². The van der Waals surface area contributed by atoms with Gasteiger partial charge in [-0.05, 0) is 66.6 Å². The second-order valence-electron chi connectivity index (χ2n) is 10.0. The van der Waals surface area contributed by atoms with E-state index in [-0.39, 0.29) is 18.0 Å². The molecule has 3 nitrogen and oxygen atoms in total. The molecule has 0 bridgehead atoms. The van der Waals surface area contributed by atoms with Crippen LogP contribution in [0.2, 0.25) is 0 Å². The van der Waals surface area contributed by atoms with Gasteiger partial charge < -0.3 is 9.64 Å². The third-order valence-corrected chi connectivity index (χ3v) is 6.89. The average molecular weight is 488 g/mol. The Labute approximate surface area is 219 Å². The maximum Gasteiger partial charge on any atom is 0.258 e. The fourth-order valence-electron chi connectivity index (χ4n) is 5.31. The van der Waals surface area contributed by atoms with Crippen molar-refractivity contribution in [3.63, 3.8) is 0 Å². The number of rotatable bonds is 7. The minimum atomic E-state index is -0.00801. The standard InChI is InChI=1S/C34H33NO2/c1-23(2)35(24(3)4)34(36)33-31(37-22-25-12-6-5-7-13-25)21-20-27-16-11-19-30(32(27)33)29-18-10-15-26-14-8-9-17-28(26)29/h5-21,23-24H,22H2,1-4H3. The highest BCUT2D eigenvalue weighted by atomic mass is 16.5. The first-order valence-electron chi connectivity index (χ1n) is 13.0. The maximum atomic E-state index is 14.4. The first-order chi connectivity index (χ1) is 18.0. The summed E-state index contributed by atoms with van der Waals surface area (Å²) in [4.78, 5) is 16.3. The van der Waals surface area contributed by atoms with Crippen LogP contribution in [-0.4, -0.2) is 22.9 Å². The summed E-state index contributed by atoms with van der Waals surface area (Å²) in [6.45, 7) is 8.67. The Balaban J connectivity index is 1.77. The number of benzene rings is 5. The third kappa shape index (κ3) is 4.82. The Morgan fingerprint density at radius 1 is 0.676 bits per heavy atom. The number of fused-ring (bicyclic) bond motifs is 2. The van der Waals surface area contributed by atoms with Crippen molar-refractivity contribution < 1.29 is 9.53 Å². The maximum absolute atomic E-state index is 14.4. The number of hydrogen-bond acceptors (Lipinski definition) is 2. The monoisotopic (exact) mass is 487 g/mol. The molecule has 5 rings (SSSR count). The molecule has 0 aromatic heterocycles. The lowest BCUT2D eigenvalue weighted by atomic mass is 9.90. The molecule has 37 heavy (non-hydrogen) atoms. The summed E-state index contributed by atoms with van der Waals surface area (Å²) in [5.74, 6) is 0.603. The van der Waals surface area contributed by atoms with E-state index in [2.05, 4.69) is 94.4 Å². The van der Waals surface area contributed by atoms with Crippen molar-refractivity contribution in [2.45, 2.75) is 46.4 Å². The van der Waals surface area contributed by atoms with Crippen LogP contribution < -0.4 is 4.74 Å². The van der Waals surface area contributed by atoms with E-state index in [0.717, 1.165) is 32.8 Å². The molecule has 5 aromatic rings. The summed E-state index contributed by atoms with van der Waals surface area (Å²) in [7, 11) is 0. The molecule has 0 heterocycles. The Morgan fingerprint density at radius 3 is 2.03 bits per heavy atom. The predicted octanol–water partition coefficient (Wildman–Crippen LogP) is 8.50. The van der Waals surface area contributed by atoms with Crippen LogP contribution in [0.1, 0.15) is 43.6 Å². The van der Waals surface area contributed by atoms with Crippen LogP contribution in [0.4, 0.5) is 0 Å². The van der Waals surface area contributed by atoms with Gasteiger partial charge in [-0.15, -0.1) is 0 Å². The number of carbonyl (C=O) groups excluding carboxylic acids is 1. The van der Waals surface area contributed by atoms with Crippen molar-refractivity contribution in [1.82, 2.24) is 4.90 Å². The fraction of sp³-hybridized carbons (Fsp3) is 0.206. The van der Waals surface area contributed by atoms with Crippen LogP contribution in [0.5, 0.6) is 5.75 Å². The highest BCUT2D eigenvalue weighted by Crippen LogP contribution is 2.39. The van der Waals surface area contributed by atoms with Gasteiger partial charge >= 0.3 is 0 Å². The van der Waals surface area contributed by atoms with Gasteiger partial charge in [-0.3, -0.25) is 4.79 Å². The lowest BCUT2D eigenvalue weighted by Gasteiger charge is -2.32. The molecule has 0 aliphatic carbocycles. The molecule has 0 atom stereocenters. The largest absolute Gasteiger partial charge is 0.488 e. The predicted molar refractivity (Wildman–Crippen MR) is 154 cm³/mol. The molecule has 0 unspecified atom stereocenters. The minimum absolute atomic E-state index is 0.00801. The molecule has 0 aliphatic rings. The van der Waals surface area contributed by atoms with Gasteiger partial charge in [-0.1, -0.05) is 97.1 Å². The molecule has 5 aromatic carbocycles. The first-order valence-corrected chi connectivity index (χ1v) is 13.0. The van der Waals surface area contributed by atoms with Crippen molar-refractivity contribution in [3.05, 3.63) is 114 Å². The van der Waals surface area contributed by atoms with Gasteiger partial charge in [0.2, 0.25) is 0 Å². The van der Waals surface area contributed by atoms with Crippen molar-refractivity contribution in [2.75, 3.05) is 0 Å². The highest BCUT2D eigenvalue weighted by molar-refractivity contribution is 6.16. The lowest BCUT2D eigenvalue weighted by Crippen LogP contribution is -2.42. The van der Waals surface area contributed by atoms with Crippen molar-refractivity contribution >= 4 is 27.5 Å². The molecule has 0 spiro atoms. The van der Waals surface area contributed by atoms with Gasteiger partial charge in [-0.25, -0.2) is 0 Å². The second-order valence-corrected chi connectivity index (χ2v) is 10.0. The number of carbonyl (C=O) groups is 1. The van der Waals surface area contributed by atoms with Crippen LogP contribution in [-0.2, 0) is 6.61 Å². The van der Waals surface area contributed by atoms with E-state index in [1.807, 2.05) is 41.3 Å². The topological polar surface area (TPSA) is 29.5 Å².